The molecular weight excluding hydrogens is 380 g/mol. The number of phenolic OH excluding ortho intramolecular Hbond substituents is 2. The fourth-order valence-corrected chi connectivity index (χ4v) is 4.60. The van der Waals surface area contributed by atoms with E-state index < -0.39 is 0 Å². The Kier molecular flexibility index (Phi) is 6.46. The largest absolute Gasteiger partial charge is 0.508 e. The van der Waals surface area contributed by atoms with Crippen LogP contribution in [0.25, 0.3) is 0 Å². The van der Waals surface area contributed by atoms with Gasteiger partial charge in [-0.1, -0.05) is 20.8 Å². The SMILES string of the molecule is CC(C)(C)c1c(O)c(CN2CCOCC2(C)C)cc(O)c1CN1CCOCC1(C)C. The van der Waals surface area contributed by atoms with Crippen LogP contribution < -0.4 is 0 Å². The van der Waals surface area contributed by atoms with E-state index in [9.17, 15) is 10.2 Å². The van der Waals surface area contributed by atoms with Crippen LogP contribution in [0.2, 0.25) is 0 Å². The van der Waals surface area contributed by atoms with E-state index in [0.29, 0.717) is 45.3 Å². The molecule has 6 heteroatoms. The summed E-state index contributed by atoms with van der Waals surface area (Å²) in [5.74, 6) is 0.574. The second-order valence-corrected chi connectivity index (χ2v) is 11.1. The molecule has 1 aromatic rings. The number of ether oxygens (including phenoxy) is 2. The molecule has 3 rings (SSSR count). The Morgan fingerprint density at radius 3 is 1.87 bits per heavy atom. The summed E-state index contributed by atoms with van der Waals surface area (Å²) < 4.78 is 11.3. The fourth-order valence-electron chi connectivity index (χ4n) is 4.60. The first-order valence-electron chi connectivity index (χ1n) is 11.1. The zero-order valence-electron chi connectivity index (χ0n) is 19.8. The van der Waals surface area contributed by atoms with E-state index in [-0.39, 0.29) is 22.2 Å². The van der Waals surface area contributed by atoms with Gasteiger partial charge in [-0.2, -0.15) is 0 Å². The maximum Gasteiger partial charge on any atom is 0.124 e. The van der Waals surface area contributed by atoms with Gasteiger partial charge in [0.25, 0.3) is 0 Å². The minimum atomic E-state index is -0.302. The monoisotopic (exact) mass is 420 g/mol. The van der Waals surface area contributed by atoms with Crippen LogP contribution in [0.15, 0.2) is 6.07 Å². The Labute approximate surface area is 181 Å². The normalized spacial score (nSPS) is 22.9. The Hall–Kier alpha value is -1.34. The number of phenols is 2. The summed E-state index contributed by atoms with van der Waals surface area (Å²) in [5, 5.41) is 22.5. The van der Waals surface area contributed by atoms with E-state index in [1.807, 2.05) is 0 Å². The summed E-state index contributed by atoms with van der Waals surface area (Å²) in [6, 6.07) is 1.76. The zero-order chi connectivity index (χ0) is 22.3. The first-order valence-corrected chi connectivity index (χ1v) is 11.1. The summed E-state index contributed by atoms with van der Waals surface area (Å²) in [7, 11) is 0. The lowest BCUT2D eigenvalue weighted by molar-refractivity contribution is -0.0562. The number of morpholine rings is 2. The molecule has 2 N–H and O–H groups in total. The molecule has 2 aliphatic heterocycles. The third-order valence-corrected chi connectivity index (χ3v) is 6.56. The number of benzene rings is 1. The van der Waals surface area contributed by atoms with Crippen molar-refractivity contribution in [3.05, 3.63) is 22.8 Å². The van der Waals surface area contributed by atoms with Gasteiger partial charge >= 0.3 is 0 Å². The summed E-state index contributed by atoms with van der Waals surface area (Å²) in [5.41, 5.74) is 1.90. The Balaban J connectivity index is 1.99. The molecule has 0 amide bonds. The lowest BCUT2D eigenvalue weighted by Gasteiger charge is -2.43. The van der Waals surface area contributed by atoms with Crippen LogP contribution in [0.4, 0.5) is 0 Å². The molecule has 0 aliphatic carbocycles. The third kappa shape index (κ3) is 4.77. The van der Waals surface area contributed by atoms with E-state index in [0.717, 1.165) is 29.8 Å². The van der Waals surface area contributed by atoms with Crippen molar-refractivity contribution >= 4 is 0 Å². The summed E-state index contributed by atoms with van der Waals surface area (Å²) in [6.07, 6.45) is 0. The van der Waals surface area contributed by atoms with E-state index in [1.54, 1.807) is 6.07 Å². The fraction of sp³-hybridized carbons (Fsp3) is 0.750. The van der Waals surface area contributed by atoms with E-state index in [1.165, 1.54) is 0 Å². The van der Waals surface area contributed by atoms with Gasteiger partial charge in [-0.15, -0.1) is 0 Å². The van der Waals surface area contributed by atoms with Crippen molar-refractivity contribution in [2.75, 3.05) is 39.5 Å². The van der Waals surface area contributed by atoms with Crippen LogP contribution in [-0.2, 0) is 28.0 Å². The van der Waals surface area contributed by atoms with Crippen molar-refractivity contribution in [3.63, 3.8) is 0 Å². The zero-order valence-corrected chi connectivity index (χ0v) is 19.8. The quantitative estimate of drug-likeness (QED) is 0.726. The molecule has 2 aliphatic rings. The van der Waals surface area contributed by atoms with Crippen LogP contribution in [0.3, 0.4) is 0 Å². The smallest absolute Gasteiger partial charge is 0.124 e. The van der Waals surface area contributed by atoms with Gasteiger partial charge in [0.1, 0.15) is 11.5 Å². The van der Waals surface area contributed by atoms with Gasteiger partial charge in [-0.05, 0) is 39.2 Å². The van der Waals surface area contributed by atoms with Crippen LogP contribution >= 0.6 is 0 Å². The maximum atomic E-state index is 11.4. The molecule has 0 unspecified atom stereocenters. The number of aromatic hydroxyl groups is 2. The molecule has 6 nitrogen and oxygen atoms in total. The van der Waals surface area contributed by atoms with Crippen molar-refractivity contribution in [2.24, 2.45) is 0 Å². The van der Waals surface area contributed by atoms with Crippen molar-refractivity contribution in [3.8, 4) is 11.5 Å². The van der Waals surface area contributed by atoms with Gasteiger partial charge in [-0.25, -0.2) is 0 Å². The highest BCUT2D eigenvalue weighted by atomic mass is 16.5. The molecular formula is C24H40N2O4. The topological polar surface area (TPSA) is 65.4 Å². The van der Waals surface area contributed by atoms with Gasteiger partial charge in [0.15, 0.2) is 0 Å². The molecule has 0 aromatic heterocycles. The van der Waals surface area contributed by atoms with Crippen molar-refractivity contribution in [1.29, 1.82) is 0 Å². The first kappa shape index (κ1) is 23.3. The summed E-state index contributed by atoms with van der Waals surface area (Å²) in [4.78, 5) is 4.66. The summed E-state index contributed by atoms with van der Waals surface area (Å²) in [6.45, 7) is 20.4. The van der Waals surface area contributed by atoms with Crippen LogP contribution in [0, 0.1) is 0 Å². The molecule has 0 atom stereocenters. The minimum absolute atomic E-state index is 0.112. The number of hydrogen-bond acceptors (Lipinski definition) is 6. The molecule has 2 heterocycles. The molecule has 2 saturated heterocycles. The number of rotatable bonds is 4. The van der Waals surface area contributed by atoms with Gasteiger partial charge < -0.3 is 19.7 Å². The molecule has 0 saturated carbocycles. The van der Waals surface area contributed by atoms with Crippen molar-refractivity contribution in [2.45, 2.75) is 78.0 Å². The van der Waals surface area contributed by atoms with Gasteiger partial charge in [0.05, 0.1) is 26.4 Å². The summed E-state index contributed by atoms with van der Waals surface area (Å²) >= 11 is 0. The van der Waals surface area contributed by atoms with Crippen LogP contribution in [-0.4, -0.2) is 70.6 Å². The first-order chi connectivity index (χ1) is 13.8. The maximum absolute atomic E-state index is 11.4. The molecule has 0 spiro atoms. The Bertz CT molecular complexity index is 767. The highest BCUT2D eigenvalue weighted by molar-refractivity contribution is 5.55. The predicted molar refractivity (Wildman–Crippen MR) is 119 cm³/mol. The van der Waals surface area contributed by atoms with Crippen molar-refractivity contribution in [1.82, 2.24) is 9.80 Å². The highest BCUT2D eigenvalue weighted by Crippen LogP contribution is 2.43. The van der Waals surface area contributed by atoms with Gasteiger partial charge in [0.2, 0.25) is 0 Å². The standard InChI is InChI=1S/C24H40N2O4/c1-22(2,3)20-18(14-26-9-11-30-16-24(26,6)7)19(27)12-17(21(20)28)13-25-8-10-29-15-23(25,4)5/h12,27-28H,8-11,13-16H2,1-7H3. The lowest BCUT2D eigenvalue weighted by atomic mass is 9.80. The van der Waals surface area contributed by atoms with E-state index >= 15 is 0 Å². The Morgan fingerprint density at radius 2 is 1.40 bits per heavy atom. The van der Waals surface area contributed by atoms with E-state index in [2.05, 4.69) is 58.3 Å². The Morgan fingerprint density at radius 1 is 0.900 bits per heavy atom. The molecule has 0 bridgehead atoms. The van der Waals surface area contributed by atoms with Gasteiger partial charge in [0, 0.05) is 53.9 Å². The van der Waals surface area contributed by atoms with Gasteiger partial charge in [-0.3, -0.25) is 9.80 Å². The molecule has 170 valence electrons. The molecule has 2 fully saturated rings. The minimum Gasteiger partial charge on any atom is -0.508 e. The number of nitrogens with zero attached hydrogens (tertiary/aromatic N) is 2. The number of hydrogen-bond donors (Lipinski definition) is 2. The lowest BCUT2D eigenvalue weighted by Crippen LogP contribution is -2.52. The molecule has 0 radical (unpaired) electrons. The molecule has 1 aromatic carbocycles. The van der Waals surface area contributed by atoms with Crippen LogP contribution in [0.1, 0.15) is 65.2 Å². The van der Waals surface area contributed by atoms with E-state index in [4.69, 9.17) is 9.47 Å². The second kappa shape index (κ2) is 8.30. The third-order valence-electron chi connectivity index (χ3n) is 6.56. The predicted octanol–water partition coefficient (Wildman–Crippen LogP) is 3.62. The average molecular weight is 421 g/mol. The van der Waals surface area contributed by atoms with Crippen molar-refractivity contribution < 1.29 is 19.7 Å². The highest BCUT2D eigenvalue weighted by Gasteiger charge is 2.36. The molecule has 30 heavy (non-hydrogen) atoms. The second-order valence-electron chi connectivity index (χ2n) is 11.1. The van der Waals surface area contributed by atoms with Crippen LogP contribution in [0.5, 0.6) is 11.5 Å². The average Bonchev–Trinajstić information content (AvgIpc) is 2.61.